The van der Waals surface area contributed by atoms with E-state index >= 15 is 0 Å². The number of nitrogens with zero attached hydrogens (tertiary/aromatic N) is 3. The Hall–Kier alpha value is -1.73. The fourth-order valence-electron chi connectivity index (χ4n) is 2.99. The molecule has 0 unspecified atom stereocenters. The minimum Gasteiger partial charge on any atom is -0.388 e. The second-order valence-corrected chi connectivity index (χ2v) is 7.12. The molecule has 0 aromatic carbocycles. The summed E-state index contributed by atoms with van der Waals surface area (Å²) < 4.78 is 5.20. The second-order valence-electron chi connectivity index (χ2n) is 6.17. The summed E-state index contributed by atoms with van der Waals surface area (Å²) >= 11 is 1.55. The molecule has 1 aliphatic rings. The molecule has 124 valence electrons. The standard InChI is InChI=1S/C16H21N3O3S/c1-19(11-16(21)8-2-3-9-16)14(20)7-6-13-17-15(18-22-13)12-5-4-10-23-12/h4-5,10,21H,2-3,6-9,11H2,1H3. The molecule has 7 heteroatoms. The van der Waals surface area contributed by atoms with Gasteiger partial charge in [0.15, 0.2) is 0 Å². The van der Waals surface area contributed by atoms with E-state index in [1.54, 1.807) is 23.3 Å². The van der Waals surface area contributed by atoms with Crippen molar-refractivity contribution in [3.05, 3.63) is 23.4 Å². The van der Waals surface area contributed by atoms with E-state index in [1.165, 1.54) is 0 Å². The summed E-state index contributed by atoms with van der Waals surface area (Å²) in [5.74, 6) is 1.02. The molecule has 0 radical (unpaired) electrons. The predicted molar refractivity (Wildman–Crippen MR) is 87.0 cm³/mol. The molecule has 0 atom stereocenters. The zero-order valence-electron chi connectivity index (χ0n) is 13.2. The van der Waals surface area contributed by atoms with Crippen molar-refractivity contribution < 1.29 is 14.4 Å². The summed E-state index contributed by atoms with van der Waals surface area (Å²) in [5.41, 5.74) is -0.707. The molecule has 2 aromatic heterocycles. The smallest absolute Gasteiger partial charge is 0.227 e. The summed E-state index contributed by atoms with van der Waals surface area (Å²) in [7, 11) is 1.74. The van der Waals surface area contributed by atoms with Crippen LogP contribution < -0.4 is 0 Å². The largest absolute Gasteiger partial charge is 0.388 e. The van der Waals surface area contributed by atoms with E-state index in [4.69, 9.17) is 4.52 Å². The first-order valence-electron chi connectivity index (χ1n) is 7.89. The SMILES string of the molecule is CN(CC1(O)CCCC1)C(=O)CCc1nc(-c2cccs2)no1. The molecule has 3 rings (SSSR count). The molecular weight excluding hydrogens is 314 g/mol. The van der Waals surface area contributed by atoms with Crippen molar-refractivity contribution >= 4 is 17.2 Å². The Kier molecular flexibility index (Phi) is 4.77. The third-order valence-electron chi connectivity index (χ3n) is 4.25. The van der Waals surface area contributed by atoms with Crippen molar-refractivity contribution in [1.29, 1.82) is 0 Å². The van der Waals surface area contributed by atoms with E-state index in [2.05, 4.69) is 10.1 Å². The van der Waals surface area contributed by atoms with Gasteiger partial charge in [0.2, 0.25) is 17.6 Å². The third-order valence-corrected chi connectivity index (χ3v) is 5.12. The van der Waals surface area contributed by atoms with Gasteiger partial charge >= 0.3 is 0 Å². The van der Waals surface area contributed by atoms with Gasteiger partial charge in [-0.1, -0.05) is 24.1 Å². The lowest BCUT2D eigenvalue weighted by atomic mass is 10.0. The van der Waals surface area contributed by atoms with Crippen LogP contribution in [0.4, 0.5) is 0 Å². The van der Waals surface area contributed by atoms with Gasteiger partial charge in [0.05, 0.1) is 10.5 Å². The molecular formula is C16H21N3O3S. The van der Waals surface area contributed by atoms with Crippen molar-refractivity contribution in [2.24, 2.45) is 0 Å². The van der Waals surface area contributed by atoms with Crippen molar-refractivity contribution in [2.75, 3.05) is 13.6 Å². The Morgan fingerprint density at radius 1 is 1.48 bits per heavy atom. The first kappa shape index (κ1) is 16.1. The molecule has 6 nitrogen and oxygen atoms in total. The molecule has 2 heterocycles. The number of carbonyl (C=O) groups is 1. The number of likely N-dealkylation sites (N-methyl/N-ethyl adjacent to an activating group) is 1. The molecule has 23 heavy (non-hydrogen) atoms. The number of thiophene rings is 1. The monoisotopic (exact) mass is 335 g/mol. The molecule has 1 N–H and O–H groups in total. The number of hydrogen-bond acceptors (Lipinski definition) is 6. The van der Waals surface area contributed by atoms with Gasteiger partial charge < -0.3 is 14.5 Å². The summed E-state index contributed by atoms with van der Waals surface area (Å²) in [5, 5.41) is 16.3. The molecule has 1 fully saturated rings. The van der Waals surface area contributed by atoms with Crippen molar-refractivity contribution in [3.63, 3.8) is 0 Å². The highest BCUT2D eigenvalue weighted by Gasteiger charge is 2.33. The van der Waals surface area contributed by atoms with E-state index < -0.39 is 5.60 Å². The lowest BCUT2D eigenvalue weighted by Gasteiger charge is -2.28. The molecule has 0 saturated heterocycles. The normalized spacial score (nSPS) is 16.6. The molecule has 1 saturated carbocycles. The van der Waals surface area contributed by atoms with E-state index in [-0.39, 0.29) is 5.91 Å². The highest BCUT2D eigenvalue weighted by molar-refractivity contribution is 7.13. The van der Waals surface area contributed by atoms with Crippen LogP contribution in [-0.4, -0.2) is 45.2 Å². The average Bonchev–Trinajstić information content (AvgIpc) is 3.25. The zero-order chi connectivity index (χ0) is 16.3. The number of aliphatic hydroxyl groups is 1. The van der Waals surface area contributed by atoms with Crippen molar-refractivity contribution in [3.8, 4) is 10.7 Å². The maximum absolute atomic E-state index is 12.2. The molecule has 2 aromatic rings. The Balaban J connectivity index is 1.50. The van der Waals surface area contributed by atoms with E-state index in [1.807, 2.05) is 17.5 Å². The molecule has 0 aliphatic heterocycles. The number of hydrogen-bond donors (Lipinski definition) is 1. The first-order valence-corrected chi connectivity index (χ1v) is 8.76. The van der Waals surface area contributed by atoms with E-state index in [0.717, 1.165) is 30.6 Å². The van der Waals surface area contributed by atoms with E-state index in [9.17, 15) is 9.90 Å². The Labute approximate surface area is 139 Å². The van der Waals surface area contributed by atoms with E-state index in [0.29, 0.717) is 31.1 Å². The Morgan fingerprint density at radius 3 is 2.96 bits per heavy atom. The predicted octanol–water partition coefficient (Wildman–Crippen LogP) is 2.49. The van der Waals surface area contributed by atoms with Gasteiger partial charge in [-0.05, 0) is 24.3 Å². The Morgan fingerprint density at radius 2 is 2.26 bits per heavy atom. The molecule has 0 bridgehead atoms. The van der Waals surface area contributed by atoms with Crippen LogP contribution >= 0.6 is 11.3 Å². The van der Waals surface area contributed by atoms with Crippen LogP contribution in [0.2, 0.25) is 0 Å². The van der Waals surface area contributed by atoms with Gasteiger partial charge in [-0.15, -0.1) is 11.3 Å². The zero-order valence-corrected chi connectivity index (χ0v) is 14.0. The van der Waals surface area contributed by atoms with Gasteiger partial charge in [-0.2, -0.15) is 4.98 Å². The lowest BCUT2D eigenvalue weighted by Crippen LogP contribution is -2.42. The van der Waals surface area contributed by atoms with Crippen molar-refractivity contribution in [1.82, 2.24) is 15.0 Å². The van der Waals surface area contributed by atoms with Crippen LogP contribution in [0.5, 0.6) is 0 Å². The lowest BCUT2D eigenvalue weighted by molar-refractivity contribution is -0.133. The van der Waals surface area contributed by atoms with Crippen LogP contribution in [-0.2, 0) is 11.2 Å². The van der Waals surface area contributed by atoms with Gasteiger partial charge in [0.1, 0.15) is 0 Å². The third kappa shape index (κ3) is 3.97. The summed E-state index contributed by atoms with van der Waals surface area (Å²) in [6.45, 7) is 0.399. The number of aryl methyl sites for hydroxylation is 1. The average molecular weight is 335 g/mol. The van der Waals surface area contributed by atoms with Gasteiger partial charge in [-0.25, -0.2) is 0 Å². The maximum Gasteiger partial charge on any atom is 0.227 e. The number of amides is 1. The minimum absolute atomic E-state index is 0.0128. The highest BCUT2D eigenvalue weighted by atomic mass is 32.1. The number of rotatable bonds is 6. The highest BCUT2D eigenvalue weighted by Crippen LogP contribution is 2.30. The molecule has 1 aliphatic carbocycles. The van der Waals surface area contributed by atoms with Crippen LogP contribution in [0.15, 0.2) is 22.0 Å². The fourth-order valence-corrected chi connectivity index (χ4v) is 3.64. The van der Waals surface area contributed by atoms with Gasteiger partial charge in [0.25, 0.3) is 0 Å². The Bertz CT molecular complexity index is 647. The fraction of sp³-hybridized carbons (Fsp3) is 0.562. The van der Waals surface area contributed by atoms with Gasteiger partial charge in [-0.3, -0.25) is 4.79 Å². The first-order chi connectivity index (χ1) is 11.1. The minimum atomic E-state index is -0.707. The summed E-state index contributed by atoms with van der Waals surface area (Å²) in [4.78, 5) is 19.1. The molecule has 0 spiro atoms. The number of carbonyl (C=O) groups excluding carboxylic acids is 1. The maximum atomic E-state index is 12.2. The molecule has 1 amide bonds. The van der Waals surface area contributed by atoms with Crippen LogP contribution in [0.3, 0.4) is 0 Å². The van der Waals surface area contributed by atoms with Crippen LogP contribution in [0, 0.1) is 0 Å². The second kappa shape index (κ2) is 6.80. The number of aromatic nitrogens is 2. The van der Waals surface area contributed by atoms with Crippen LogP contribution in [0.1, 0.15) is 38.0 Å². The summed E-state index contributed by atoms with van der Waals surface area (Å²) in [6, 6.07) is 3.86. The van der Waals surface area contributed by atoms with Crippen molar-refractivity contribution in [2.45, 2.75) is 44.1 Å². The topological polar surface area (TPSA) is 79.5 Å². The summed E-state index contributed by atoms with van der Waals surface area (Å²) in [6.07, 6.45) is 4.34. The quantitative estimate of drug-likeness (QED) is 0.877. The van der Waals surface area contributed by atoms with Crippen LogP contribution in [0.25, 0.3) is 10.7 Å². The van der Waals surface area contributed by atoms with Gasteiger partial charge in [0, 0.05) is 26.4 Å².